The molecule has 1 aliphatic carbocycles. The lowest BCUT2D eigenvalue weighted by atomic mass is 9.63. The van der Waals surface area contributed by atoms with Gasteiger partial charge in [0.15, 0.2) is 0 Å². The third-order valence-electron chi connectivity index (χ3n) is 4.41. The Morgan fingerprint density at radius 1 is 1.05 bits per heavy atom. The van der Waals surface area contributed by atoms with Crippen molar-refractivity contribution in [1.82, 2.24) is 5.32 Å². The molecule has 2 heteroatoms. The largest absolute Gasteiger partial charge is 0.307 e. The molecule has 1 aliphatic rings. The molecule has 1 N–H and O–H groups in total. The zero-order chi connectivity index (χ0) is 15.0. The van der Waals surface area contributed by atoms with Crippen molar-refractivity contribution < 1.29 is 4.39 Å². The molecular formula is C18H28FN. The third kappa shape index (κ3) is 4.05. The molecule has 1 atom stereocenters. The van der Waals surface area contributed by atoms with Gasteiger partial charge in [0.2, 0.25) is 0 Å². The van der Waals surface area contributed by atoms with Gasteiger partial charge in [-0.2, -0.15) is 0 Å². The monoisotopic (exact) mass is 277 g/mol. The topological polar surface area (TPSA) is 12.0 Å². The summed E-state index contributed by atoms with van der Waals surface area (Å²) in [5.74, 6) is -0.166. The minimum absolute atomic E-state index is 0.166. The standard InChI is InChI=1S/C18H28FN/c1-13(14-6-8-15(19)9-7-14)20-16-10-17(2,3)12-18(4,5)11-16/h6-9,13,16,20H,10-12H2,1-5H3/t13-/m0/s1. The van der Waals surface area contributed by atoms with E-state index in [1.165, 1.54) is 19.3 Å². The Balaban J connectivity index is 2.03. The number of hydrogen-bond acceptors (Lipinski definition) is 1. The van der Waals surface area contributed by atoms with Crippen molar-refractivity contribution in [1.29, 1.82) is 0 Å². The molecule has 0 aromatic heterocycles. The molecule has 20 heavy (non-hydrogen) atoms. The van der Waals surface area contributed by atoms with E-state index in [0.29, 0.717) is 16.9 Å². The smallest absolute Gasteiger partial charge is 0.123 e. The molecule has 2 rings (SSSR count). The number of nitrogens with one attached hydrogen (secondary N) is 1. The average Bonchev–Trinajstić information content (AvgIpc) is 2.25. The Morgan fingerprint density at radius 3 is 2.05 bits per heavy atom. The summed E-state index contributed by atoms with van der Waals surface area (Å²) >= 11 is 0. The van der Waals surface area contributed by atoms with Crippen LogP contribution >= 0.6 is 0 Å². The Kier molecular flexibility index (Phi) is 4.24. The van der Waals surface area contributed by atoms with Crippen LogP contribution < -0.4 is 5.32 Å². The van der Waals surface area contributed by atoms with Gasteiger partial charge in [0, 0.05) is 12.1 Å². The maximum atomic E-state index is 13.0. The highest BCUT2D eigenvalue weighted by Gasteiger charge is 2.38. The number of halogens is 1. The molecule has 1 fully saturated rings. The molecule has 112 valence electrons. The van der Waals surface area contributed by atoms with E-state index >= 15 is 0 Å². The molecule has 1 saturated carbocycles. The van der Waals surface area contributed by atoms with Crippen LogP contribution in [0.25, 0.3) is 0 Å². The van der Waals surface area contributed by atoms with Crippen molar-refractivity contribution >= 4 is 0 Å². The van der Waals surface area contributed by atoms with Crippen LogP contribution in [0.2, 0.25) is 0 Å². The minimum Gasteiger partial charge on any atom is -0.307 e. The van der Waals surface area contributed by atoms with E-state index in [9.17, 15) is 4.39 Å². The van der Waals surface area contributed by atoms with E-state index in [1.807, 2.05) is 12.1 Å². The molecule has 0 amide bonds. The van der Waals surface area contributed by atoms with Crippen LogP contribution in [0, 0.1) is 16.6 Å². The van der Waals surface area contributed by atoms with Crippen LogP contribution in [0.15, 0.2) is 24.3 Å². The summed E-state index contributed by atoms with van der Waals surface area (Å²) in [4.78, 5) is 0. The van der Waals surface area contributed by atoms with E-state index in [4.69, 9.17) is 0 Å². The molecule has 0 unspecified atom stereocenters. The van der Waals surface area contributed by atoms with E-state index in [0.717, 1.165) is 5.56 Å². The molecule has 0 radical (unpaired) electrons. The molecule has 0 spiro atoms. The third-order valence-corrected chi connectivity index (χ3v) is 4.41. The van der Waals surface area contributed by atoms with E-state index in [2.05, 4.69) is 39.9 Å². The second kappa shape index (κ2) is 5.48. The first-order valence-electron chi connectivity index (χ1n) is 7.68. The zero-order valence-electron chi connectivity index (χ0n) is 13.5. The van der Waals surface area contributed by atoms with Gasteiger partial charge in [-0.1, -0.05) is 39.8 Å². The highest BCUT2D eigenvalue weighted by atomic mass is 19.1. The minimum atomic E-state index is -0.166. The molecule has 1 aromatic carbocycles. The molecule has 1 aromatic rings. The molecule has 0 aliphatic heterocycles. The van der Waals surface area contributed by atoms with E-state index in [1.54, 1.807) is 12.1 Å². The first-order valence-corrected chi connectivity index (χ1v) is 7.68. The number of rotatable bonds is 3. The summed E-state index contributed by atoms with van der Waals surface area (Å²) in [5, 5.41) is 3.74. The quantitative estimate of drug-likeness (QED) is 0.812. The van der Waals surface area contributed by atoms with Crippen LogP contribution in [0.5, 0.6) is 0 Å². The van der Waals surface area contributed by atoms with Crippen LogP contribution in [-0.2, 0) is 0 Å². The lowest BCUT2D eigenvalue weighted by Crippen LogP contribution is -2.44. The fraction of sp³-hybridized carbons (Fsp3) is 0.667. The lowest BCUT2D eigenvalue weighted by molar-refractivity contribution is 0.0811. The highest BCUT2D eigenvalue weighted by Crippen LogP contribution is 2.46. The summed E-state index contributed by atoms with van der Waals surface area (Å²) < 4.78 is 13.0. The molecule has 0 saturated heterocycles. The van der Waals surface area contributed by atoms with Gasteiger partial charge < -0.3 is 5.32 Å². The lowest BCUT2D eigenvalue weighted by Gasteiger charge is -2.46. The number of hydrogen-bond donors (Lipinski definition) is 1. The Labute approximate surface area is 123 Å². The van der Waals surface area contributed by atoms with Gasteiger partial charge in [0.05, 0.1) is 0 Å². The Bertz CT molecular complexity index is 431. The van der Waals surface area contributed by atoms with Crippen LogP contribution in [0.3, 0.4) is 0 Å². The highest BCUT2D eigenvalue weighted by molar-refractivity contribution is 5.19. The summed E-state index contributed by atoms with van der Waals surface area (Å²) in [7, 11) is 0. The second-order valence-corrected chi connectivity index (χ2v) is 8.05. The van der Waals surface area contributed by atoms with Crippen LogP contribution in [-0.4, -0.2) is 6.04 Å². The summed E-state index contributed by atoms with van der Waals surface area (Å²) in [6.45, 7) is 11.6. The van der Waals surface area contributed by atoms with Crippen molar-refractivity contribution in [3.8, 4) is 0 Å². The van der Waals surface area contributed by atoms with Crippen LogP contribution in [0.4, 0.5) is 4.39 Å². The van der Waals surface area contributed by atoms with Crippen molar-refractivity contribution in [3.05, 3.63) is 35.6 Å². The van der Waals surface area contributed by atoms with Crippen molar-refractivity contribution in [2.24, 2.45) is 10.8 Å². The van der Waals surface area contributed by atoms with Crippen molar-refractivity contribution in [3.63, 3.8) is 0 Å². The molecule has 1 nitrogen and oxygen atoms in total. The SMILES string of the molecule is C[C@H](NC1CC(C)(C)CC(C)(C)C1)c1ccc(F)cc1. The average molecular weight is 277 g/mol. The molecular weight excluding hydrogens is 249 g/mol. The predicted molar refractivity (Wildman–Crippen MR) is 83.2 cm³/mol. The summed E-state index contributed by atoms with van der Waals surface area (Å²) in [6.07, 6.45) is 3.70. The van der Waals surface area contributed by atoms with Gasteiger partial charge >= 0.3 is 0 Å². The first-order chi connectivity index (χ1) is 9.17. The van der Waals surface area contributed by atoms with Gasteiger partial charge in [-0.25, -0.2) is 4.39 Å². The Hall–Kier alpha value is -0.890. The van der Waals surface area contributed by atoms with E-state index < -0.39 is 0 Å². The van der Waals surface area contributed by atoms with Gasteiger partial charge in [-0.15, -0.1) is 0 Å². The fourth-order valence-electron chi connectivity index (χ4n) is 4.17. The molecule has 0 heterocycles. The van der Waals surface area contributed by atoms with E-state index in [-0.39, 0.29) is 11.9 Å². The Morgan fingerprint density at radius 2 is 1.55 bits per heavy atom. The van der Waals surface area contributed by atoms with Crippen molar-refractivity contribution in [2.75, 3.05) is 0 Å². The fourth-order valence-corrected chi connectivity index (χ4v) is 4.17. The maximum absolute atomic E-state index is 13.0. The maximum Gasteiger partial charge on any atom is 0.123 e. The van der Waals surface area contributed by atoms with Crippen LogP contribution in [0.1, 0.15) is 65.5 Å². The van der Waals surface area contributed by atoms with Gasteiger partial charge in [0.25, 0.3) is 0 Å². The van der Waals surface area contributed by atoms with Gasteiger partial charge in [0.1, 0.15) is 5.82 Å². The van der Waals surface area contributed by atoms with Crippen molar-refractivity contribution in [2.45, 2.75) is 66.0 Å². The predicted octanol–water partition coefficient (Wildman–Crippen LogP) is 5.08. The first kappa shape index (κ1) is 15.5. The summed E-state index contributed by atoms with van der Waals surface area (Å²) in [6, 6.07) is 7.65. The number of benzene rings is 1. The van der Waals surface area contributed by atoms with Gasteiger partial charge in [-0.3, -0.25) is 0 Å². The zero-order valence-corrected chi connectivity index (χ0v) is 13.5. The molecule has 0 bridgehead atoms. The van der Waals surface area contributed by atoms with Gasteiger partial charge in [-0.05, 0) is 54.7 Å². The normalized spacial score (nSPS) is 23.5. The second-order valence-electron chi connectivity index (χ2n) is 8.05. The summed E-state index contributed by atoms with van der Waals surface area (Å²) in [5.41, 5.74) is 1.94.